The summed E-state index contributed by atoms with van der Waals surface area (Å²) in [5.74, 6) is -3.96. The molecule has 4 aromatic rings. The number of carbonyl (C=O) groups is 3. The molecule has 0 spiro atoms. The van der Waals surface area contributed by atoms with Gasteiger partial charge in [-0.3, -0.25) is 19.1 Å². The van der Waals surface area contributed by atoms with E-state index in [4.69, 9.17) is 14.6 Å². The van der Waals surface area contributed by atoms with Crippen LogP contribution in [0.5, 0.6) is 0 Å². The molecule has 2 aromatic heterocycles. The van der Waals surface area contributed by atoms with Crippen molar-refractivity contribution < 1.29 is 36.0 Å². The van der Waals surface area contributed by atoms with E-state index in [1.54, 1.807) is 0 Å². The minimum Gasteiger partial charge on any atom is -0.408 e. The first-order valence-corrected chi connectivity index (χ1v) is 21.3. The molecule has 8 rings (SSSR count). The molecule has 4 heterocycles. The number of amides is 3. The fourth-order valence-corrected chi connectivity index (χ4v) is 9.21. The highest BCUT2D eigenvalue weighted by Crippen LogP contribution is 2.49. The van der Waals surface area contributed by atoms with E-state index in [2.05, 4.69) is 20.8 Å². The molecule has 4 aliphatic rings. The molecule has 2 saturated carbocycles. The molecule has 2 aliphatic carbocycles. The van der Waals surface area contributed by atoms with Crippen LogP contribution in [-0.4, -0.2) is 92.1 Å². The lowest BCUT2D eigenvalue weighted by molar-refractivity contribution is -0.141. The van der Waals surface area contributed by atoms with E-state index in [0.717, 1.165) is 16.7 Å². The third-order valence-corrected chi connectivity index (χ3v) is 13.4. The van der Waals surface area contributed by atoms with Crippen LogP contribution < -0.4 is 15.4 Å². The van der Waals surface area contributed by atoms with Crippen molar-refractivity contribution in [1.82, 2.24) is 40.1 Å². The van der Waals surface area contributed by atoms with E-state index in [0.29, 0.717) is 36.5 Å². The Balaban J connectivity index is 1.22. The van der Waals surface area contributed by atoms with Crippen molar-refractivity contribution in [2.45, 2.75) is 107 Å². The van der Waals surface area contributed by atoms with E-state index in [9.17, 15) is 31.6 Å². The summed E-state index contributed by atoms with van der Waals surface area (Å²) in [6, 6.07) is 14.2. The second-order valence-corrected chi connectivity index (χ2v) is 19.7. The summed E-state index contributed by atoms with van der Waals surface area (Å²) in [5, 5.41) is 23.3. The van der Waals surface area contributed by atoms with Crippen molar-refractivity contribution in [3.05, 3.63) is 72.1 Å². The number of hydrogen-bond donors (Lipinski definition) is 3. The van der Waals surface area contributed by atoms with Crippen LogP contribution in [0, 0.1) is 11.3 Å². The Hall–Kier alpha value is -5.52. The average molecular weight is 832 g/mol. The van der Waals surface area contributed by atoms with E-state index in [1.165, 1.54) is 9.70 Å². The van der Waals surface area contributed by atoms with E-state index < -0.39 is 86.3 Å². The number of aromatic nitrogens is 5. The lowest BCUT2D eigenvalue weighted by Gasteiger charge is -2.35. The molecular weight excluding hydrogens is 785 g/mol. The van der Waals surface area contributed by atoms with E-state index in [-0.39, 0.29) is 19.0 Å². The molecule has 2 aromatic carbocycles. The molecule has 3 fully saturated rings. The summed E-state index contributed by atoms with van der Waals surface area (Å²) in [5.41, 5.74) is -0.00704. The molecule has 5 atom stereocenters. The molecule has 15 nitrogen and oxygen atoms in total. The van der Waals surface area contributed by atoms with E-state index in [1.807, 2.05) is 106 Å². The second-order valence-electron chi connectivity index (χ2n) is 17.7. The van der Waals surface area contributed by atoms with Gasteiger partial charge in [-0.2, -0.15) is 15.0 Å². The van der Waals surface area contributed by atoms with E-state index >= 15 is 0 Å². The van der Waals surface area contributed by atoms with Crippen molar-refractivity contribution in [3.8, 4) is 22.5 Å². The first kappa shape index (κ1) is 40.3. The highest BCUT2D eigenvalue weighted by Gasteiger charge is 2.67. The SMILES string of the molecule is CC1(C)C/C=C/c2cccc(c2)-c2nn(nc2-c2ccccc2)[C@@H]2C[C@@H](C(=O)N[C@]3(C(=O)NS(=O)(=O)C4CC4)C[C@H]3C(F)F)N(C2)C(=O)[C@H](C(C)(C)C)Nc2nnc1o2. The molecule has 59 heavy (non-hydrogen) atoms. The van der Waals surface area contributed by atoms with Gasteiger partial charge in [0.1, 0.15) is 29.0 Å². The van der Waals surface area contributed by atoms with Crippen LogP contribution in [0.25, 0.3) is 28.6 Å². The molecule has 2 aliphatic heterocycles. The number of rotatable bonds is 7. The van der Waals surface area contributed by atoms with Crippen molar-refractivity contribution in [1.29, 1.82) is 0 Å². The van der Waals surface area contributed by atoms with Crippen molar-refractivity contribution in [2.75, 3.05) is 11.9 Å². The zero-order chi connectivity index (χ0) is 42.1. The van der Waals surface area contributed by atoms with Gasteiger partial charge in [-0.1, -0.05) is 100 Å². The molecule has 312 valence electrons. The Labute approximate surface area is 340 Å². The third kappa shape index (κ3) is 7.85. The number of alkyl halides is 2. The van der Waals surface area contributed by atoms with Crippen LogP contribution in [0.4, 0.5) is 14.8 Å². The molecule has 3 amide bonds. The van der Waals surface area contributed by atoms with Crippen LogP contribution in [0.2, 0.25) is 0 Å². The normalized spacial score (nSPS) is 26.0. The summed E-state index contributed by atoms with van der Waals surface area (Å²) < 4.78 is 62.1. The fourth-order valence-electron chi connectivity index (χ4n) is 7.84. The molecule has 0 unspecified atom stereocenters. The summed E-state index contributed by atoms with van der Waals surface area (Å²) in [7, 11) is -4.13. The number of halogens is 2. The third-order valence-electron chi connectivity index (χ3n) is 11.6. The largest absolute Gasteiger partial charge is 0.408 e. The van der Waals surface area contributed by atoms with Crippen molar-refractivity contribution in [2.24, 2.45) is 11.3 Å². The molecular formula is C41H47F2N9O6S. The number of nitrogens with one attached hydrogen (secondary N) is 3. The monoisotopic (exact) mass is 831 g/mol. The lowest BCUT2D eigenvalue weighted by Crippen LogP contribution is -2.59. The maximum Gasteiger partial charge on any atom is 0.316 e. The fraction of sp³-hybridized carbons (Fsp3) is 0.488. The Bertz CT molecular complexity index is 2420. The van der Waals surface area contributed by atoms with Crippen LogP contribution in [0.1, 0.15) is 84.2 Å². The summed E-state index contributed by atoms with van der Waals surface area (Å²) in [6.07, 6.45) is 1.67. The molecule has 8 bridgehead atoms. The molecule has 0 radical (unpaired) electrons. The first-order chi connectivity index (χ1) is 27.9. The second kappa shape index (κ2) is 14.6. The summed E-state index contributed by atoms with van der Waals surface area (Å²) in [4.78, 5) is 45.8. The first-order valence-electron chi connectivity index (χ1n) is 19.7. The summed E-state index contributed by atoms with van der Waals surface area (Å²) in [6.45, 7) is 9.32. The number of benzene rings is 2. The molecule has 18 heteroatoms. The molecule has 3 N–H and O–H groups in total. The number of fused-ring (bicyclic) bond motifs is 10. The van der Waals surface area contributed by atoms with Crippen LogP contribution >= 0.6 is 0 Å². The highest BCUT2D eigenvalue weighted by molar-refractivity contribution is 7.91. The van der Waals surface area contributed by atoms with Gasteiger partial charge in [0.2, 0.25) is 34.2 Å². The van der Waals surface area contributed by atoms with Gasteiger partial charge in [-0.15, -0.1) is 5.10 Å². The van der Waals surface area contributed by atoms with Gasteiger partial charge in [-0.25, -0.2) is 17.2 Å². The van der Waals surface area contributed by atoms with Gasteiger partial charge in [-0.05, 0) is 42.7 Å². The van der Waals surface area contributed by atoms with Gasteiger partial charge in [0.25, 0.3) is 5.91 Å². The maximum absolute atomic E-state index is 14.9. The van der Waals surface area contributed by atoms with Gasteiger partial charge >= 0.3 is 6.01 Å². The van der Waals surface area contributed by atoms with Crippen molar-refractivity contribution in [3.63, 3.8) is 0 Å². The Kier molecular flexibility index (Phi) is 9.99. The van der Waals surface area contributed by atoms with Gasteiger partial charge in [0.05, 0.1) is 17.2 Å². The number of sulfonamides is 1. The van der Waals surface area contributed by atoms with Gasteiger partial charge < -0.3 is 20.0 Å². The van der Waals surface area contributed by atoms with Gasteiger partial charge in [0, 0.05) is 29.5 Å². The number of allylic oxidation sites excluding steroid dienone is 1. The average Bonchev–Trinajstić information content (AvgIpc) is 3.99. The van der Waals surface area contributed by atoms with Crippen LogP contribution in [0.3, 0.4) is 0 Å². The summed E-state index contributed by atoms with van der Waals surface area (Å²) >= 11 is 0. The zero-order valence-electron chi connectivity index (χ0n) is 33.4. The topological polar surface area (TPSA) is 194 Å². The Morgan fingerprint density at radius 2 is 1.69 bits per heavy atom. The lowest BCUT2D eigenvalue weighted by atomic mass is 9.85. The Morgan fingerprint density at radius 3 is 2.36 bits per heavy atom. The highest BCUT2D eigenvalue weighted by atomic mass is 32.2. The standard InChI is InChI=1S/C41H47F2N9O6S/c1-39(2,3)32-35(54)51-22-26(20-29(51)34(53)45-41(21-28(41)33(42)43)36(55)50-59(56,57)27-16-17-27)52-48-30(24-13-7-6-8-14-24)31(49-52)25-15-9-11-23(19-25)12-10-18-40(4,5)37-46-47-38(44-32)58-37/h6-15,19,26-29,32-33H,16-18,20-22H2,1-5H3,(H,44,47)(H,45,53)(H,50,55)/b12-10+/t26-,28+,29+,32-,41-/m1/s1. The Morgan fingerprint density at radius 1 is 1.00 bits per heavy atom. The minimum absolute atomic E-state index is 0.0103. The number of carbonyl (C=O) groups excluding carboxylic acids is 3. The van der Waals surface area contributed by atoms with Crippen LogP contribution in [-0.2, 0) is 29.8 Å². The quantitative estimate of drug-likeness (QED) is 0.224. The predicted octanol–water partition coefficient (Wildman–Crippen LogP) is 5.11. The van der Waals surface area contributed by atoms with Gasteiger partial charge in [0.15, 0.2) is 0 Å². The maximum atomic E-state index is 14.9. The minimum atomic E-state index is -4.13. The number of hydrogen-bond acceptors (Lipinski definition) is 11. The molecule has 1 saturated heterocycles. The number of anilines is 1. The van der Waals surface area contributed by atoms with Crippen LogP contribution in [0.15, 0.2) is 65.1 Å². The predicted molar refractivity (Wildman–Crippen MR) is 213 cm³/mol. The number of nitrogens with zero attached hydrogens (tertiary/aromatic N) is 6. The zero-order valence-corrected chi connectivity index (χ0v) is 34.2. The smallest absolute Gasteiger partial charge is 0.316 e. The van der Waals surface area contributed by atoms with Crippen molar-refractivity contribution >= 4 is 39.8 Å².